The molecule has 1 heterocycles. The fraction of sp³-hybridized carbons (Fsp3) is 0.400. The van der Waals surface area contributed by atoms with Gasteiger partial charge in [0.2, 0.25) is 0 Å². The molecule has 0 bridgehead atoms. The average Bonchev–Trinajstić information content (AvgIpc) is 2.68. The number of hydrogen-bond donors (Lipinski definition) is 1. The third kappa shape index (κ3) is 5.77. The zero-order chi connectivity index (χ0) is 19.6. The highest BCUT2D eigenvalue weighted by atomic mass is 16.5. The second kappa shape index (κ2) is 10.3. The smallest absolute Gasteiger partial charge is 0.338 e. The second-order valence-corrected chi connectivity index (χ2v) is 6.00. The first-order valence-electron chi connectivity index (χ1n) is 9.24. The predicted octanol–water partition coefficient (Wildman–Crippen LogP) is 3.66. The van der Waals surface area contributed by atoms with Crippen LogP contribution in [0.5, 0.6) is 0 Å². The summed E-state index contributed by atoms with van der Waals surface area (Å²) in [5.41, 5.74) is 1.58. The molecule has 0 spiro atoms. The Morgan fingerprint density at radius 2 is 1.67 bits per heavy atom. The van der Waals surface area contributed by atoms with Crippen molar-refractivity contribution in [1.82, 2.24) is 14.9 Å². The summed E-state index contributed by atoms with van der Waals surface area (Å²) in [6, 6.07) is 6.88. The average molecular weight is 370 g/mol. The molecule has 0 atom stereocenters. The molecule has 0 radical (unpaired) electrons. The summed E-state index contributed by atoms with van der Waals surface area (Å²) in [5.74, 6) is 0.0694. The van der Waals surface area contributed by atoms with Crippen LogP contribution in [-0.4, -0.2) is 46.4 Å². The number of ether oxygens (including phenoxy) is 1. The van der Waals surface area contributed by atoms with Gasteiger partial charge in [-0.2, -0.15) is 0 Å². The van der Waals surface area contributed by atoms with Crippen LogP contribution < -0.4 is 5.32 Å². The second-order valence-electron chi connectivity index (χ2n) is 6.00. The summed E-state index contributed by atoms with van der Waals surface area (Å²) in [6.07, 6.45) is 4.82. The van der Waals surface area contributed by atoms with Crippen LogP contribution in [0.4, 0.5) is 11.5 Å². The van der Waals surface area contributed by atoms with Crippen LogP contribution in [0, 0.1) is 0 Å². The fourth-order valence-electron chi connectivity index (χ4n) is 2.57. The Labute approximate surface area is 159 Å². The maximum absolute atomic E-state index is 12.5. The van der Waals surface area contributed by atoms with E-state index in [4.69, 9.17) is 4.74 Å². The summed E-state index contributed by atoms with van der Waals surface area (Å²) in [4.78, 5) is 34.5. The van der Waals surface area contributed by atoms with Gasteiger partial charge >= 0.3 is 5.97 Å². The Kier molecular flexibility index (Phi) is 7.73. The number of hydrogen-bond acceptors (Lipinski definition) is 6. The van der Waals surface area contributed by atoms with Crippen LogP contribution in [0.3, 0.4) is 0 Å². The van der Waals surface area contributed by atoms with Gasteiger partial charge in [-0.3, -0.25) is 4.79 Å². The van der Waals surface area contributed by atoms with Crippen molar-refractivity contribution >= 4 is 23.4 Å². The molecule has 7 nitrogen and oxygen atoms in total. The van der Waals surface area contributed by atoms with Crippen molar-refractivity contribution in [3.63, 3.8) is 0 Å². The molecule has 7 heteroatoms. The first-order valence-corrected chi connectivity index (χ1v) is 9.24. The van der Waals surface area contributed by atoms with Crippen molar-refractivity contribution in [3.05, 3.63) is 47.9 Å². The molecule has 144 valence electrons. The molecule has 2 aromatic rings. The Morgan fingerprint density at radius 1 is 1.00 bits per heavy atom. The minimum atomic E-state index is -0.351. The number of nitrogens with one attached hydrogen (secondary N) is 1. The molecule has 0 aliphatic carbocycles. The minimum Gasteiger partial charge on any atom is -0.462 e. The van der Waals surface area contributed by atoms with E-state index in [1.54, 1.807) is 36.1 Å². The van der Waals surface area contributed by atoms with Gasteiger partial charge in [0.25, 0.3) is 5.91 Å². The lowest BCUT2D eigenvalue weighted by molar-refractivity contribution is 0.0526. The normalized spacial score (nSPS) is 10.3. The summed E-state index contributed by atoms with van der Waals surface area (Å²) in [6.45, 7) is 7.62. The summed E-state index contributed by atoms with van der Waals surface area (Å²) < 4.78 is 4.96. The van der Waals surface area contributed by atoms with Gasteiger partial charge in [0.05, 0.1) is 24.6 Å². The van der Waals surface area contributed by atoms with Crippen LogP contribution in [0.25, 0.3) is 0 Å². The number of esters is 1. The van der Waals surface area contributed by atoms with Gasteiger partial charge in [-0.1, -0.05) is 13.8 Å². The quantitative estimate of drug-likeness (QED) is 0.678. The van der Waals surface area contributed by atoms with Gasteiger partial charge in [0.15, 0.2) is 0 Å². The zero-order valence-electron chi connectivity index (χ0n) is 16.1. The largest absolute Gasteiger partial charge is 0.462 e. The van der Waals surface area contributed by atoms with Gasteiger partial charge in [-0.05, 0) is 44.0 Å². The lowest BCUT2D eigenvalue weighted by Gasteiger charge is -2.20. The van der Waals surface area contributed by atoms with E-state index < -0.39 is 0 Å². The third-order valence-electron chi connectivity index (χ3n) is 3.81. The molecule has 0 saturated heterocycles. The maximum atomic E-state index is 12.5. The fourth-order valence-corrected chi connectivity index (χ4v) is 2.57. The molecule has 0 aliphatic heterocycles. The number of carbonyl (C=O) groups excluding carboxylic acids is 2. The predicted molar refractivity (Wildman–Crippen MR) is 104 cm³/mol. The molecule has 1 aromatic carbocycles. The lowest BCUT2D eigenvalue weighted by Crippen LogP contribution is -2.33. The first kappa shape index (κ1) is 20.4. The summed E-state index contributed by atoms with van der Waals surface area (Å²) in [7, 11) is 0. The van der Waals surface area contributed by atoms with E-state index in [0.29, 0.717) is 36.8 Å². The standard InChI is InChI=1S/C20H26N4O3/c1-4-11-24(12-5-2)19(25)17-13-22-18(14-21-17)23-16-9-7-15(8-10-16)20(26)27-6-3/h7-10,13-14H,4-6,11-12H2,1-3H3,(H,22,23). The molecular weight excluding hydrogens is 344 g/mol. The van der Waals surface area contributed by atoms with Gasteiger partial charge in [-0.15, -0.1) is 0 Å². The topological polar surface area (TPSA) is 84.4 Å². The number of nitrogens with zero attached hydrogens (tertiary/aromatic N) is 3. The summed E-state index contributed by atoms with van der Waals surface area (Å²) >= 11 is 0. The highest BCUT2D eigenvalue weighted by molar-refractivity contribution is 5.92. The van der Waals surface area contributed by atoms with E-state index >= 15 is 0 Å². The van der Waals surface area contributed by atoms with Crippen molar-refractivity contribution in [2.75, 3.05) is 25.0 Å². The Bertz CT molecular complexity index is 739. The number of aromatic nitrogens is 2. The number of rotatable bonds is 9. The molecule has 1 amide bonds. The summed E-state index contributed by atoms with van der Waals surface area (Å²) in [5, 5.41) is 3.10. The maximum Gasteiger partial charge on any atom is 0.338 e. The van der Waals surface area contributed by atoms with Crippen LogP contribution in [0.2, 0.25) is 0 Å². The van der Waals surface area contributed by atoms with E-state index in [1.807, 2.05) is 13.8 Å². The number of carbonyl (C=O) groups is 2. The highest BCUT2D eigenvalue weighted by Crippen LogP contribution is 2.15. The SMILES string of the molecule is CCCN(CCC)C(=O)c1cnc(Nc2ccc(C(=O)OCC)cc2)cn1. The number of amides is 1. The molecule has 1 N–H and O–H groups in total. The molecule has 27 heavy (non-hydrogen) atoms. The molecule has 0 unspecified atom stereocenters. The first-order chi connectivity index (χ1) is 13.1. The van der Waals surface area contributed by atoms with Crippen molar-refractivity contribution in [1.29, 1.82) is 0 Å². The van der Waals surface area contributed by atoms with E-state index in [2.05, 4.69) is 15.3 Å². The lowest BCUT2D eigenvalue weighted by atomic mass is 10.2. The molecule has 0 saturated carbocycles. The van der Waals surface area contributed by atoms with Crippen molar-refractivity contribution in [2.45, 2.75) is 33.6 Å². The van der Waals surface area contributed by atoms with E-state index in [-0.39, 0.29) is 11.9 Å². The van der Waals surface area contributed by atoms with Crippen LogP contribution in [0.15, 0.2) is 36.7 Å². The van der Waals surface area contributed by atoms with Gasteiger partial charge < -0.3 is 15.0 Å². The van der Waals surface area contributed by atoms with Gasteiger partial charge in [-0.25, -0.2) is 14.8 Å². The van der Waals surface area contributed by atoms with E-state index in [1.165, 1.54) is 12.4 Å². The van der Waals surface area contributed by atoms with Gasteiger partial charge in [0, 0.05) is 18.8 Å². The van der Waals surface area contributed by atoms with E-state index in [0.717, 1.165) is 18.5 Å². The molecule has 0 aliphatic rings. The third-order valence-corrected chi connectivity index (χ3v) is 3.81. The van der Waals surface area contributed by atoms with Crippen LogP contribution in [-0.2, 0) is 4.74 Å². The number of anilines is 2. The Balaban J connectivity index is 2.02. The van der Waals surface area contributed by atoms with Crippen molar-refractivity contribution in [2.24, 2.45) is 0 Å². The van der Waals surface area contributed by atoms with Crippen molar-refractivity contribution in [3.8, 4) is 0 Å². The molecule has 1 aromatic heterocycles. The number of benzene rings is 1. The van der Waals surface area contributed by atoms with E-state index in [9.17, 15) is 9.59 Å². The molecular formula is C20H26N4O3. The van der Waals surface area contributed by atoms with Gasteiger partial charge in [0.1, 0.15) is 11.5 Å². The monoisotopic (exact) mass is 370 g/mol. The Hall–Kier alpha value is -2.96. The zero-order valence-corrected chi connectivity index (χ0v) is 16.1. The van der Waals surface area contributed by atoms with Crippen molar-refractivity contribution < 1.29 is 14.3 Å². The molecule has 2 rings (SSSR count). The molecule has 0 fully saturated rings. The highest BCUT2D eigenvalue weighted by Gasteiger charge is 2.16. The minimum absolute atomic E-state index is 0.100. The Morgan fingerprint density at radius 3 is 2.19 bits per heavy atom. The van der Waals surface area contributed by atoms with Crippen LogP contribution >= 0.6 is 0 Å². The van der Waals surface area contributed by atoms with Crippen LogP contribution in [0.1, 0.15) is 54.5 Å².